The molecule has 7 nitrogen and oxygen atoms in total. The molecule has 1 heterocycles. The highest BCUT2D eigenvalue weighted by Crippen LogP contribution is 2.16. The number of esters is 1. The van der Waals surface area contributed by atoms with Gasteiger partial charge in [-0.2, -0.15) is 5.10 Å². The minimum Gasteiger partial charge on any atom is -0.461 e. The SMILES string of the molecule is CCOC(=O)c1[nH]c(C)c(C=NNC(N)=O)c1C. The summed E-state index contributed by atoms with van der Waals surface area (Å²) < 4.78 is 4.92. The Morgan fingerprint density at radius 2 is 2.17 bits per heavy atom. The minimum atomic E-state index is -0.747. The third-order valence-corrected chi connectivity index (χ3v) is 2.34. The van der Waals surface area contributed by atoms with Crippen LogP contribution in [0, 0.1) is 13.8 Å². The molecule has 0 radical (unpaired) electrons. The van der Waals surface area contributed by atoms with Crippen LogP contribution in [-0.4, -0.2) is 29.8 Å². The van der Waals surface area contributed by atoms with Crippen molar-refractivity contribution in [2.24, 2.45) is 10.8 Å². The highest BCUT2D eigenvalue weighted by molar-refractivity contribution is 5.94. The Morgan fingerprint density at radius 3 is 2.72 bits per heavy atom. The molecular weight excluding hydrogens is 236 g/mol. The highest BCUT2D eigenvalue weighted by Gasteiger charge is 2.17. The van der Waals surface area contributed by atoms with Crippen molar-refractivity contribution < 1.29 is 14.3 Å². The van der Waals surface area contributed by atoms with Gasteiger partial charge < -0.3 is 15.5 Å². The van der Waals surface area contributed by atoms with E-state index < -0.39 is 12.0 Å². The largest absolute Gasteiger partial charge is 0.461 e. The van der Waals surface area contributed by atoms with E-state index in [0.717, 1.165) is 5.69 Å². The van der Waals surface area contributed by atoms with Gasteiger partial charge >= 0.3 is 12.0 Å². The van der Waals surface area contributed by atoms with Crippen LogP contribution in [0.5, 0.6) is 0 Å². The van der Waals surface area contributed by atoms with Crippen molar-refractivity contribution in [3.05, 3.63) is 22.5 Å². The van der Waals surface area contributed by atoms with Crippen LogP contribution < -0.4 is 11.2 Å². The van der Waals surface area contributed by atoms with E-state index in [1.165, 1.54) is 6.21 Å². The fraction of sp³-hybridized carbons (Fsp3) is 0.364. The Morgan fingerprint density at radius 1 is 1.50 bits per heavy atom. The molecule has 0 spiro atoms. The number of carbonyl (C=O) groups excluding carboxylic acids is 2. The molecule has 0 saturated carbocycles. The number of hydrazone groups is 1. The predicted octanol–water partition coefficient (Wildman–Crippen LogP) is 0.810. The number of nitrogens with two attached hydrogens (primary N) is 1. The number of amides is 2. The zero-order valence-electron chi connectivity index (χ0n) is 10.5. The second-order valence-corrected chi connectivity index (χ2v) is 3.62. The molecule has 0 saturated heterocycles. The number of ether oxygens (including phenoxy) is 1. The van der Waals surface area contributed by atoms with Crippen LogP contribution in [0.25, 0.3) is 0 Å². The number of nitrogens with one attached hydrogen (secondary N) is 2. The molecule has 2 amide bonds. The highest BCUT2D eigenvalue weighted by atomic mass is 16.5. The van der Waals surface area contributed by atoms with Crippen molar-refractivity contribution in [3.8, 4) is 0 Å². The zero-order chi connectivity index (χ0) is 13.7. The third-order valence-electron chi connectivity index (χ3n) is 2.34. The maximum atomic E-state index is 11.6. The second-order valence-electron chi connectivity index (χ2n) is 3.62. The van der Waals surface area contributed by atoms with E-state index in [1.54, 1.807) is 20.8 Å². The van der Waals surface area contributed by atoms with Crippen LogP contribution in [0.4, 0.5) is 4.79 Å². The number of carbonyl (C=O) groups is 2. The van der Waals surface area contributed by atoms with Crippen molar-refractivity contribution in [1.29, 1.82) is 0 Å². The molecule has 0 aliphatic heterocycles. The number of aromatic nitrogens is 1. The van der Waals surface area contributed by atoms with E-state index in [9.17, 15) is 9.59 Å². The summed E-state index contributed by atoms with van der Waals surface area (Å²) in [6, 6.07) is -0.747. The monoisotopic (exact) mass is 252 g/mol. The van der Waals surface area contributed by atoms with E-state index in [1.807, 2.05) is 0 Å². The molecular formula is C11H16N4O3. The number of primary amides is 1. The second kappa shape index (κ2) is 5.85. The molecule has 18 heavy (non-hydrogen) atoms. The Hall–Kier alpha value is -2.31. The van der Waals surface area contributed by atoms with Crippen LogP contribution in [0.1, 0.15) is 34.2 Å². The van der Waals surface area contributed by atoms with Gasteiger partial charge in [-0.25, -0.2) is 15.0 Å². The van der Waals surface area contributed by atoms with E-state index in [0.29, 0.717) is 23.4 Å². The lowest BCUT2D eigenvalue weighted by molar-refractivity contribution is 0.0519. The lowest BCUT2D eigenvalue weighted by Crippen LogP contribution is -2.24. The summed E-state index contributed by atoms with van der Waals surface area (Å²) in [7, 11) is 0. The Kier molecular flexibility index (Phi) is 4.47. The third kappa shape index (κ3) is 3.09. The van der Waals surface area contributed by atoms with Gasteiger partial charge in [0.25, 0.3) is 0 Å². The summed E-state index contributed by atoms with van der Waals surface area (Å²) in [5.74, 6) is -0.416. The number of hydrogen-bond acceptors (Lipinski definition) is 4. The molecule has 0 aliphatic rings. The molecule has 0 bridgehead atoms. The fourth-order valence-corrected chi connectivity index (χ4v) is 1.53. The first-order valence-electron chi connectivity index (χ1n) is 5.42. The first-order valence-corrected chi connectivity index (χ1v) is 5.42. The van der Waals surface area contributed by atoms with Gasteiger partial charge in [-0.3, -0.25) is 0 Å². The van der Waals surface area contributed by atoms with Gasteiger partial charge in [-0.05, 0) is 26.3 Å². The topological polar surface area (TPSA) is 110 Å². The van der Waals surface area contributed by atoms with Crippen molar-refractivity contribution in [2.75, 3.05) is 6.61 Å². The fourth-order valence-electron chi connectivity index (χ4n) is 1.53. The molecule has 1 rings (SSSR count). The van der Waals surface area contributed by atoms with Gasteiger partial charge in [0.15, 0.2) is 0 Å². The van der Waals surface area contributed by atoms with Crippen molar-refractivity contribution in [3.63, 3.8) is 0 Å². The van der Waals surface area contributed by atoms with Crippen molar-refractivity contribution in [2.45, 2.75) is 20.8 Å². The lowest BCUT2D eigenvalue weighted by atomic mass is 10.1. The molecule has 0 aliphatic carbocycles. The summed E-state index contributed by atoms with van der Waals surface area (Å²) in [5.41, 5.74) is 9.53. The van der Waals surface area contributed by atoms with Gasteiger partial charge in [-0.1, -0.05) is 0 Å². The quantitative estimate of drug-likeness (QED) is 0.419. The Labute approximate surface area is 104 Å². The molecule has 1 aromatic heterocycles. The van der Waals surface area contributed by atoms with E-state index in [4.69, 9.17) is 10.5 Å². The van der Waals surface area contributed by atoms with Crippen LogP contribution in [0.3, 0.4) is 0 Å². The van der Waals surface area contributed by atoms with Gasteiger partial charge in [0.2, 0.25) is 0 Å². The van der Waals surface area contributed by atoms with Crippen LogP contribution in [-0.2, 0) is 4.74 Å². The smallest absolute Gasteiger partial charge is 0.355 e. The first-order chi connectivity index (χ1) is 8.47. The van der Waals surface area contributed by atoms with Gasteiger partial charge in [0.1, 0.15) is 5.69 Å². The maximum absolute atomic E-state index is 11.6. The van der Waals surface area contributed by atoms with E-state index in [2.05, 4.69) is 15.5 Å². The first kappa shape index (κ1) is 13.8. The molecule has 0 aromatic carbocycles. The molecule has 98 valence electrons. The van der Waals surface area contributed by atoms with Crippen LogP contribution in [0.2, 0.25) is 0 Å². The number of aromatic amines is 1. The number of aryl methyl sites for hydroxylation is 1. The number of rotatable bonds is 4. The van der Waals surface area contributed by atoms with E-state index >= 15 is 0 Å². The molecule has 4 N–H and O–H groups in total. The summed E-state index contributed by atoms with van der Waals surface area (Å²) in [4.78, 5) is 25.0. The number of nitrogens with zero attached hydrogens (tertiary/aromatic N) is 1. The molecule has 0 fully saturated rings. The lowest BCUT2D eigenvalue weighted by Gasteiger charge is -2.00. The van der Waals surface area contributed by atoms with Crippen molar-refractivity contribution in [1.82, 2.24) is 10.4 Å². The predicted molar refractivity (Wildman–Crippen MR) is 66.5 cm³/mol. The maximum Gasteiger partial charge on any atom is 0.355 e. The van der Waals surface area contributed by atoms with Crippen LogP contribution >= 0.6 is 0 Å². The summed E-state index contributed by atoms with van der Waals surface area (Å²) in [6.07, 6.45) is 1.43. The number of urea groups is 1. The Bertz CT molecular complexity index is 491. The minimum absolute atomic E-state index is 0.309. The summed E-state index contributed by atoms with van der Waals surface area (Å²) in [5, 5.41) is 3.66. The molecule has 7 heteroatoms. The van der Waals surface area contributed by atoms with Crippen molar-refractivity contribution >= 4 is 18.2 Å². The molecule has 0 atom stereocenters. The average molecular weight is 252 g/mol. The molecule has 1 aromatic rings. The van der Waals surface area contributed by atoms with Gasteiger partial charge in [-0.15, -0.1) is 0 Å². The normalized spacial score (nSPS) is 10.6. The zero-order valence-corrected chi connectivity index (χ0v) is 10.5. The standard InChI is InChI=1S/C11H16N4O3/c1-4-18-10(16)9-6(2)8(7(3)14-9)5-13-15-11(12)17/h5,14H,4H2,1-3H3,(H3,12,15,17). The van der Waals surface area contributed by atoms with Crippen LogP contribution in [0.15, 0.2) is 5.10 Å². The van der Waals surface area contributed by atoms with Gasteiger partial charge in [0.05, 0.1) is 12.8 Å². The number of H-pyrrole nitrogens is 1. The number of hydrogen-bond donors (Lipinski definition) is 3. The van der Waals surface area contributed by atoms with E-state index in [-0.39, 0.29) is 0 Å². The molecule has 0 unspecified atom stereocenters. The summed E-state index contributed by atoms with van der Waals surface area (Å²) in [6.45, 7) is 5.61. The summed E-state index contributed by atoms with van der Waals surface area (Å²) >= 11 is 0. The average Bonchev–Trinajstić information content (AvgIpc) is 2.56. The van der Waals surface area contributed by atoms with Gasteiger partial charge in [0, 0.05) is 11.3 Å². The Balaban J connectivity index is 2.97.